The van der Waals surface area contributed by atoms with Crippen LogP contribution < -0.4 is 5.32 Å². The summed E-state index contributed by atoms with van der Waals surface area (Å²) in [5.74, 6) is 0.581. The number of benzene rings is 1. The van der Waals surface area contributed by atoms with Gasteiger partial charge in [-0.3, -0.25) is 4.79 Å². The fraction of sp³-hybridized carbons (Fsp3) is 0.500. The van der Waals surface area contributed by atoms with Crippen molar-refractivity contribution in [3.63, 3.8) is 0 Å². The Hall–Kier alpha value is -1.00. The van der Waals surface area contributed by atoms with Crippen molar-refractivity contribution in [3.05, 3.63) is 29.8 Å². The third kappa shape index (κ3) is 2.15. The van der Waals surface area contributed by atoms with Crippen LogP contribution in [0.4, 0.5) is 0 Å². The molecule has 2 fully saturated rings. The molecule has 1 heterocycles. The first-order valence-electron chi connectivity index (χ1n) is 6.34. The quantitative estimate of drug-likeness (QED) is 0.851. The molecule has 0 bridgehead atoms. The van der Waals surface area contributed by atoms with Crippen LogP contribution in [0.3, 0.4) is 0 Å². The van der Waals surface area contributed by atoms with E-state index in [1.807, 2.05) is 30.5 Å². The van der Waals surface area contributed by atoms with E-state index >= 15 is 0 Å². The number of hydrogen-bond acceptors (Lipinski definition) is 3. The van der Waals surface area contributed by atoms with E-state index in [2.05, 4.69) is 5.32 Å². The molecule has 0 spiro atoms. The molecular weight excluding hydrogens is 246 g/mol. The van der Waals surface area contributed by atoms with Gasteiger partial charge < -0.3 is 10.1 Å². The van der Waals surface area contributed by atoms with Gasteiger partial charge >= 0.3 is 0 Å². The van der Waals surface area contributed by atoms with Gasteiger partial charge in [0.1, 0.15) is 0 Å². The van der Waals surface area contributed by atoms with Gasteiger partial charge in [0.2, 0.25) is 0 Å². The summed E-state index contributed by atoms with van der Waals surface area (Å²) in [6.07, 6.45) is 4.48. The summed E-state index contributed by atoms with van der Waals surface area (Å²) < 4.78 is 5.55. The lowest BCUT2D eigenvalue weighted by Gasteiger charge is -2.39. The minimum absolute atomic E-state index is 0.0398. The summed E-state index contributed by atoms with van der Waals surface area (Å²) in [5, 5.41) is 3.12. The number of rotatable bonds is 3. The molecule has 1 saturated carbocycles. The Balaban J connectivity index is 1.60. The van der Waals surface area contributed by atoms with E-state index in [4.69, 9.17) is 4.74 Å². The average Bonchev–Trinajstić information content (AvgIpc) is 2.77. The number of amides is 1. The largest absolute Gasteiger partial charge is 0.378 e. The monoisotopic (exact) mass is 263 g/mol. The lowest BCUT2D eigenvalue weighted by molar-refractivity contribution is 0.00810. The van der Waals surface area contributed by atoms with Crippen LogP contribution in [0.1, 0.15) is 23.2 Å². The Morgan fingerprint density at radius 2 is 2.17 bits per heavy atom. The highest BCUT2D eigenvalue weighted by Crippen LogP contribution is 2.38. The van der Waals surface area contributed by atoms with Gasteiger partial charge in [-0.05, 0) is 43.4 Å². The lowest BCUT2D eigenvalue weighted by atomic mass is 9.76. The van der Waals surface area contributed by atoms with Crippen LogP contribution in [0.25, 0.3) is 0 Å². The van der Waals surface area contributed by atoms with Crippen molar-refractivity contribution in [2.24, 2.45) is 5.92 Å². The Morgan fingerprint density at radius 1 is 1.39 bits per heavy atom. The van der Waals surface area contributed by atoms with Crippen molar-refractivity contribution >= 4 is 17.7 Å². The lowest BCUT2D eigenvalue weighted by Crippen LogP contribution is -2.53. The zero-order valence-corrected chi connectivity index (χ0v) is 11.2. The SMILES string of the molecule is CSc1ccc(C(=O)N[C@@H]2C[C@H]3OCC[C@@H]23)cc1. The van der Waals surface area contributed by atoms with Gasteiger partial charge in [0.05, 0.1) is 6.10 Å². The van der Waals surface area contributed by atoms with Crippen LogP contribution in [0, 0.1) is 5.92 Å². The topological polar surface area (TPSA) is 38.3 Å². The second kappa shape index (κ2) is 4.94. The maximum Gasteiger partial charge on any atom is 0.251 e. The van der Waals surface area contributed by atoms with Crippen LogP contribution in [0.5, 0.6) is 0 Å². The molecule has 3 atom stereocenters. The molecule has 96 valence electrons. The van der Waals surface area contributed by atoms with Crippen LogP contribution in [-0.2, 0) is 4.74 Å². The fourth-order valence-electron chi connectivity index (χ4n) is 2.76. The number of fused-ring (bicyclic) bond motifs is 1. The van der Waals surface area contributed by atoms with Gasteiger partial charge in [0.25, 0.3) is 5.91 Å². The molecule has 1 aromatic carbocycles. The van der Waals surface area contributed by atoms with Crippen LogP contribution in [0.2, 0.25) is 0 Å². The minimum Gasteiger partial charge on any atom is -0.378 e. The molecule has 0 aromatic heterocycles. The number of nitrogens with one attached hydrogen (secondary N) is 1. The van der Waals surface area contributed by atoms with Crippen molar-refractivity contribution in [1.82, 2.24) is 5.32 Å². The summed E-state index contributed by atoms with van der Waals surface area (Å²) in [7, 11) is 0. The maximum absolute atomic E-state index is 12.1. The molecule has 2 aliphatic rings. The molecule has 1 aromatic rings. The highest BCUT2D eigenvalue weighted by molar-refractivity contribution is 7.98. The molecule has 4 heteroatoms. The van der Waals surface area contributed by atoms with E-state index in [9.17, 15) is 4.79 Å². The molecule has 3 nitrogen and oxygen atoms in total. The Labute approximate surface area is 111 Å². The average molecular weight is 263 g/mol. The van der Waals surface area contributed by atoms with Gasteiger partial charge in [-0.1, -0.05) is 0 Å². The predicted octanol–water partition coefficient (Wildman–Crippen LogP) is 2.32. The summed E-state index contributed by atoms with van der Waals surface area (Å²) in [6.45, 7) is 0.851. The van der Waals surface area contributed by atoms with E-state index in [-0.39, 0.29) is 5.91 Å². The zero-order chi connectivity index (χ0) is 12.5. The molecule has 0 unspecified atom stereocenters. The van der Waals surface area contributed by atoms with E-state index in [0.29, 0.717) is 18.1 Å². The van der Waals surface area contributed by atoms with Crippen LogP contribution in [0.15, 0.2) is 29.2 Å². The van der Waals surface area contributed by atoms with Gasteiger partial charge in [-0.2, -0.15) is 0 Å². The fourth-order valence-corrected chi connectivity index (χ4v) is 3.17. The highest BCUT2D eigenvalue weighted by atomic mass is 32.2. The summed E-state index contributed by atoms with van der Waals surface area (Å²) in [4.78, 5) is 13.3. The van der Waals surface area contributed by atoms with Crippen molar-refractivity contribution in [1.29, 1.82) is 0 Å². The van der Waals surface area contributed by atoms with Crippen molar-refractivity contribution in [2.75, 3.05) is 12.9 Å². The first kappa shape index (κ1) is 12.1. The second-order valence-electron chi connectivity index (χ2n) is 4.91. The van der Waals surface area contributed by atoms with Gasteiger partial charge in [-0.15, -0.1) is 11.8 Å². The maximum atomic E-state index is 12.1. The van der Waals surface area contributed by atoms with Crippen LogP contribution >= 0.6 is 11.8 Å². The van der Waals surface area contributed by atoms with E-state index in [1.165, 1.54) is 4.90 Å². The predicted molar refractivity (Wildman–Crippen MR) is 71.9 cm³/mol. The Morgan fingerprint density at radius 3 is 2.83 bits per heavy atom. The van der Waals surface area contributed by atoms with E-state index in [1.54, 1.807) is 11.8 Å². The zero-order valence-electron chi connectivity index (χ0n) is 10.4. The Kier molecular flexibility index (Phi) is 3.31. The molecule has 3 rings (SSSR count). The van der Waals surface area contributed by atoms with E-state index < -0.39 is 0 Å². The van der Waals surface area contributed by atoms with Crippen LogP contribution in [-0.4, -0.2) is 30.9 Å². The first-order valence-corrected chi connectivity index (χ1v) is 7.57. The molecule has 1 aliphatic heterocycles. The third-order valence-corrected chi connectivity index (χ3v) is 4.68. The number of hydrogen-bond donors (Lipinski definition) is 1. The number of carbonyl (C=O) groups is 1. The first-order chi connectivity index (χ1) is 8.78. The molecular formula is C14H17NO2S. The van der Waals surface area contributed by atoms with Gasteiger partial charge in [0, 0.05) is 29.0 Å². The molecule has 1 amide bonds. The number of thioether (sulfide) groups is 1. The van der Waals surface area contributed by atoms with Gasteiger partial charge in [-0.25, -0.2) is 0 Å². The number of carbonyl (C=O) groups excluding carboxylic acids is 1. The Bertz CT molecular complexity index is 446. The normalized spacial score (nSPS) is 29.5. The summed E-state index contributed by atoms with van der Waals surface area (Å²) >= 11 is 1.68. The van der Waals surface area contributed by atoms with Crippen molar-refractivity contribution in [2.45, 2.75) is 29.9 Å². The highest BCUT2D eigenvalue weighted by Gasteiger charge is 2.45. The molecule has 1 N–H and O–H groups in total. The third-order valence-electron chi connectivity index (χ3n) is 3.93. The van der Waals surface area contributed by atoms with Crippen molar-refractivity contribution in [3.8, 4) is 0 Å². The second-order valence-corrected chi connectivity index (χ2v) is 5.79. The standard InChI is InChI=1S/C14H17NO2S/c1-18-10-4-2-9(3-5-10)14(16)15-12-8-13-11(12)6-7-17-13/h2-5,11-13H,6-8H2,1H3,(H,15,16)/t11-,12+,13+/m0/s1. The van der Waals surface area contributed by atoms with Gasteiger partial charge in [0.15, 0.2) is 0 Å². The molecule has 1 aliphatic carbocycles. The molecule has 0 radical (unpaired) electrons. The minimum atomic E-state index is 0.0398. The molecule has 18 heavy (non-hydrogen) atoms. The molecule has 1 saturated heterocycles. The summed E-state index contributed by atoms with van der Waals surface area (Å²) in [6, 6.07) is 8.07. The number of ether oxygens (including phenoxy) is 1. The smallest absolute Gasteiger partial charge is 0.251 e. The summed E-state index contributed by atoms with van der Waals surface area (Å²) in [5.41, 5.74) is 0.746. The van der Waals surface area contributed by atoms with Crippen molar-refractivity contribution < 1.29 is 9.53 Å². The van der Waals surface area contributed by atoms with E-state index in [0.717, 1.165) is 25.0 Å².